The van der Waals surface area contributed by atoms with Crippen LogP contribution in [0.3, 0.4) is 0 Å². The van der Waals surface area contributed by atoms with Crippen LogP contribution in [0, 0.1) is 11.5 Å². The minimum atomic E-state index is -1.42. The second-order valence-corrected chi connectivity index (χ2v) is 10.1. The third-order valence-corrected chi connectivity index (χ3v) is 3.39. The van der Waals surface area contributed by atoms with Gasteiger partial charge in [0, 0.05) is 11.6 Å². The highest BCUT2D eigenvalue weighted by Gasteiger charge is 2.23. The van der Waals surface area contributed by atoms with Crippen molar-refractivity contribution in [3.63, 3.8) is 0 Å². The molecule has 1 heterocycles. The summed E-state index contributed by atoms with van der Waals surface area (Å²) in [4.78, 5) is 4.07. The maximum atomic E-state index is 10.0. The summed E-state index contributed by atoms with van der Waals surface area (Å²) in [6.07, 6.45) is 1.69. The molecular formula is C10H15NOSSi. The highest BCUT2D eigenvalue weighted by Crippen LogP contribution is 2.21. The Hall–Kier alpha value is -0.633. The minimum Gasteiger partial charge on any atom is -0.371 e. The lowest BCUT2D eigenvalue weighted by atomic mass is 10.1. The Morgan fingerprint density at radius 2 is 2.14 bits per heavy atom. The molecule has 1 aromatic rings. The van der Waals surface area contributed by atoms with Crippen molar-refractivity contribution in [2.75, 3.05) is 0 Å². The van der Waals surface area contributed by atoms with Crippen LogP contribution < -0.4 is 0 Å². The van der Waals surface area contributed by atoms with Gasteiger partial charge in [0.1, 0.15) is 13.1 Å². The lowest BCUT2D eigenvalue weighted by molar-refractivity contribution is 0.122. The Kier molecular flexibility index (Phi) is 3.15. The van der Waals surface area contributed by atoms with Gasteiger partial charge in [-0.3, -0.25) is 0 Å². The number of aliphatic hydroxyl groups is 1. The molecular weight excluding hydrogens is 210 g/mol. The summed E-state index contributed by atoms with van der Waals surface area (Å²) in [5.74, 6) is 2.92. The van der Waals surface area contributed by atoms with Crippen LogP contribution in [0.1, 0.15) is 11.9 Å². The summed E-state index contributed by atoms with van der Waals surface area (Å²) < 4.78 is 0. The van der Waals surface area contributed by atoms with E-state index in [1.807, 2.05) is 5.38 Å². The predicted octanol–water partition coefficient (Wildman–Crippen LogP) is 2.23. The number of nitrogens with zero attached hydrogens (tertiary/aromatic N) is 1. The molecule has 0 aromatic carbocycles. The van der Waals surface area contributed by atoms with Crippen molar-refractivity contribution in [3.05, 3.63) is 16.6 Å². The van der Waals surface area contributed by atoms with Crippen LogP contribution in [0.4, 0.5) is 0 Å². The van der Waals surface area contributed by atoms with Crippen molar-refractivity contribution in [1.29, 1.82) is 0 Å². The Balaban J connectivity index is 2.91. The summed E-state index contributed by atoms with van der Waals surface area (Å²) in [6, 6.07) is 0. The van der Waals surface area contributed by atoms with Crippen LogP contribution in [0.2, 0.25) is 19.6 Å². The van der Waals surface area contributed by atoms with E-state index in [4.69, 9.17) is 0 Å². The molecule has 0 aliphatic rings. The molecule has 0 aliphatic heterocycles. The van der Waals surface area contributed by atoms with Gasteiger partial charge in [0.15, 0.2) is 5.60 Å². The molecule has 0 radical (unpaired) electrons. The van der Waals surface area contributed by atoms with Crippen LogP contribution in [0.15, 0.2) is 11.6 Å². The first-order valence-electron chi connectivity index (χ1n) is 4.48. The zero-order valence-corrected chi connectivity index (χ0v) is 10.8. The first kappa shape index (κ1) is 11.4. The molecule has 76 valence electrons. The molecule has 0 saturated heterocycles. The monoisotopic (exact) mass is 225 g/mol. The predicted molar refractivity (Wildman–Crippen MR) is 62.8 cm³/mol. The fourth-order valence-electron chi connectivity index (χ4n) is 0.827. The quantitative estimate of drug-likeness (QED) is 0.587. The second kappa shape index (κ2) is 3.85. The van der Waals surface area contributed by atoms with E-state index in [-0.39, 0.29) is 0 Å². The summed E-state index contributed by atoms with van der Waals surface area (Å²) in [7, 11) is -1.42. The van der Waals surface area contributed by atoms with Gasteiger partial charge in [0.05, 0.1) is 0 Å². The van der Waals surface area contributed by atoms with E-state index >= 15 is 0 Å². The van der Waals surface area contributed by atoms with Gasteiger partial charge in [0.2, 0.25) is 0 Å². The maximum absolute atomic E-state index is 10.0. The van der Waals surface area contributed by atoms with Crippen molar-refractivity contribution in [1.82, 2.24) is 4.98 Å². The van der Waals surface area contributed by atoms with E-state index in [9.17, 15) is 5.11 Å². The normalized spacial score (nSPS) is 15.5. The SMILES string of the molecule is C[C@](O)(C#C[Si](C)(C)C)c1nccs1. The summed E-state index contributed by atoms with van der Waals surface area (Å²) >= 11 is 1.43. The van der Waals surface area contributed by atoms with Crippen LogP contribution in [0.5, 0.6) is 0 Å². The number of rotatable bonds is 1. The van der Waals surface area contributed by atoms with Gasteiger partial charge >= 0.3 is 0 Å². The largest absolute Gasteiger partial charge is 0.371 e. The average molecular weight is 225 g/mol. The zero-order chi connectivity index (χ0) is 10.8. The molecule has 0 unspecified atom stereocenters. The lowest BCUT2D eigenvalue weighted by Gasteiger charge is -2.14. The molecule has 0 amide bonds. The first-order valence-corrected chi connectivity index (χ1v) is 8.86. The Morgan fingerprint density at radius 1 is 1.50 bits per heavy atom. The number of aromatic nitrogens is 1. The maximum Gasteiger partial charge on any atom is 0.173 e. The number of thiazole rings is 1. The van der Waals surface area contributed by atoms with Gasteiger partial charge < -0.3 is 5.11 Å². The number of hydrogen-bond donors (Lipinski definition) is 1. The Bertz CT molecular complexity index is 354. The molecule has 0 spiro atoms. The number of hydrogen-bond acceptors (Lipinski definition) is 3. The third kappa shape index (κ3) is 3.26. The van der Waals surface area contributed by atoms with Crippen molar-refractivity contribution >= 4 is 19.4 Å². The van der Waals surface area contributed by atoms with Gasteiger partial charge in [-0.1, -0.05) is 25.6 Å². The fraction of sp³-hybridized carbons (Fsp3) is 0.500. The molecule has 0 bridgehead atoms. The molecule has 1 N–H and O–H groups in total. The van der Waals surface area contributed by atoms with Crippen molar-refractivity contribution in [2.45, 2.75) is 32.2 Å². The van der Waals surface area contributed by atoms with Gasteiger partial charge in [-0.15, -0.1) is 16.9 Å². The van der Waals surface area contributed by atoms with Crippen LogP contribution >= 0.6 is 11.3 Å². The molecule has 2 nitrogen and oxygen atoms in total. The molecule has 0 fully saturated rings. The van der Waals surface area contributed by atoms with E-state index < -0.39 is 13.7 Å². The molecule has 4 heteroatoms. The topological polar surface area (TPSA) is 33.1 Å². The van der Waals surface area contributed by atoms with Gasteiger partial charge in [-0.25, -0.2) is 4.98 Å². The smallest absolute Gasteiger partial charge is 0.173 e. The van der Waals surface area contributed by atoms with Crippen molar-refractivity contribution < 1.29 is 5.11 Å². The van der Waals surface area contributed by atoms with Gasteiger partial charge in [-0.2, -0.15) is 0 Å². The van der Waals surface area contributed by atoms with Crippen LogP contribution in [-0.2, 0) is 5.60 Å². The minimum absolute atomic E-state index is 0.670. The molecule has 0 aliphatic carbocycles. The zero-order valence-electron chi connectivity index (χ0n) is 8.96. The van der Waals surface area contributed by atoms with Crippen LogP contribution in [-0.4, -0.2) is 18.2 Å². The average Bonchev–Trinajstić information content (AvgIpc) is 2.52. The van der Waals surface area contributed by atoms with E-state index in [2.05, 4.69) is 36.1 Å². The summed E-state index contributed by atoms with van der Waals surface area (Å²) in [5.41, 5.74) is 2.07. The molecule has 1 aromatic heterocycles. The van der Waals surface area contributed by atoms with E-state index in [0.717, 1.165) is 0 Å². The Labute approximate surface area is 90.0 Å². The van der Waals surface area contributed by atoms with Crippen molar-refractivity contribution in [3.8, 4) is 11.5 Å². The van der Waals surface area contributed by atoms with Gasteiger partial charge in [0.25, 0.3) is 0 Å². The summed E-state index contributed by atoms with van der Waals surface area (Å²) in [5, 5.41) is 12.6. The molecule has 1 rings (SSSR count). The second-order valence-electron chi connectivity index (χ2n) is 4.41. The van der Waals surface area contributed by atoms with Crippen LogP contribution in [0.25, 0.3) is 0 Å². The highest BCUT2D eigenvalue weighted by molar-refractivity contribution is 7.09. The molecule has 0 saturated carbocycles. The lowest BCUT2D eigenvalue weighted by Crippen LogP contribution is -2.22. The fourth-order valence-corrected chi connectivity index (χ4v) is 2.10. The van der Waals surface area contributed by atoms with E-state index in [1.165, 1.54) is 11.3 Å². The highest BCUT2D eigenvalue weighted by atomic mass is 32.1. The molecule has 1 atom stereocenters. The van der Waals surface area contributed by atoms with Crippen molar-refractivity contribution in [2.24, 2.45) is 0 Å². The molecule has 14 heavy (non-hydrogen) atoms. The Morgan fingerprint density at radius 3 is 2.57 bits per heavy atom. The van der Waals surface area contributed by atoms with Gasteiger partial charge in [-0.05, 0) is 6.92 Å². The first-order chi connectivity index (χ1) is 6.31. The van der Waals surface area contributed by atoms with E-state index in [1.54, 1.807) is 13.1 Å². The third-order valence-electron chi connectivity index (χ3n) is 1.53. The summed E-state index contributed by atoms with van der Waals surface area (Å²) in [6.45, 7) is 8.15. The standard InChI is InChI=1S/C10H15NOSSi/c1-10(12,5-8-14(2,3)4)9-11-6-7-13-9/h6-7,12H,1-4H3/t10-/m0/s1. The van der Waals surface area contributed by atoms with E-state index in [0.29, 0.717) is 5.01 Å².